The van der Waals surface area contributed by atoms with Gasteiger partial charge in [-0.2, -0.15) is 0 Å². The Labute approximate surface area is 173 Å². The normalized spacial score (nSPS) is 11.5. The van der Waals surface area contributed by atoms with Crippen LogP contribution < -0.4 is 4.72 Å². The molecule has 0 aliphatic carbocycles. The van der Waals surface area contributed by atoms with Gasteiger partial charge in [-0.05, 0) is 36.8 Å². The lowest BCUT2D eigenvalue weighted by Crippen LogP contribution is -2.30. The first-order valence-corrected chi connectivity index (χ1v) is 10.3. The maximum absolute atomic E-state index is 12.0. The Kier molecular flexibility index (Phi) is 7.77. The molecule has 0 saturated heterocycles. The van der Waals surface area contributed by atoms with Crippen molar-refractivity contribution in [2.24, 2.45) is 0 Å². The highest BCUT2D eigenvalue weighted by Gasteiger charge is 2.13. The number of esters is 1. The van der Waals surface area contributed by atoms with E-state index in [-0.39, 0.29) is 10.6 Å². The monoisotopic (exact) mass is 441 g/mol. The molecular weight excluding hydrogens is 425 g/mol. The summed E-state index contributed by atoms with van der Waals surface area (Å²) >= 11 is 11.6. The number of Topliss-reactive ketones (excluding diaryl/α,β-unsaturated/α-hetero) is 1. The molecular formula is C19H17Cl2NO5S. The van der Waals surface area contributed by atoms with Crippen molar-refractivity contribution in [2.45, 2.75) is 6.92 Å². The minimum Gasteiger partial charge on any atom is -0.456 e. The first-order chi connectivity index (χ1) is 13.2. The zero-order chi connectivity index (χ0) is 20.7. The molecule has 0 unspecified atom stereocenters. The van der Waals surface area contributed by atoms with E-state index in [0.717, 1.165) is 11.0 Å². The average Bonchev–Trinajstić information content (AvgIpc) is 2.66. The number of halogens is 2. The molecule has 9 heteroatoms. The van der Waals surface area contributed by atoms with E-state index in [1.807, 2.05) is 19.1 Å². The third-order valence-corrected chi connectivity index (χ3v) is 5.32. The second-order valence-corrected chi connectivity index (χ2v) is 8.26. The standard InChI is InChI=1S/C19H17Cl2NO5S/c1-13-2-4-14(5-3-13)8-9-28(25,26)22-11-19(24)27-12-18(23)15-6-7-16(20)17(21)10-15/h2-10,22H,11-12H2,1H3/b9-8+. The van der Waals surface area contributed by atoms with Crippen LogP contribution in [-0.2, 0) is 19.6 Å². The molecule has 2 aromatic rings. The van der Waals surface area contributed by atoms with Crippen molar-refractivity contribution in [2.75, 3.05) is 13.2 Å². The van der Waals surface area contributed by atoms with E-state index in [0.29, 0.717) is 10.6 Å². The fourth-order valence-corrected chi connectivity index (χ4v) is 3.05. The van der Waals surface area contributed by atoms with Crippen molar-refractivity contribution in [1.29, 1.82) is 0 Å². The summed E-state index contributed by atoms with van der Waals surface area (Å²) in [5, 5.41) is 1.45. The van der Waals surface area contributed by atoms with Gasteiger partial charge in [0, 0.05) is 11.0 Å². The number of sulfonamides is 1. The number of rotatable bonds is 8. The Balaban J connectivity index is 1.83. The zero-order valence-corrected chi connectivity index (χ0v) is 17.1. The van der Waals surface area contributed by atoms with Crippen LogP contribution in [0.25, 0.3) is 6.08 Å². The lowest BCUT2D eigenvalue weighted by atomic mass is 10.1. The Hall–Kier alpha value is -2.19. The molecule has 148 valence electrons. The van der Waals surface area contributed by atoms with Crippen LogP contribution in [0.2, 0.25) is 10.0 Å². The van der Waals surface area contributed by atoms with Crippen molar-refractivity contribution in [3.05, 3.63) is 74.6 Å². The van der Waals surface area contributed by atoms with Crippen LogP contribution in [0.15, 0.2) is 47.9 Å². The number of ether oxygens (including phenoxy) is 1. The predicted octanol–water partition coefficient (Wildman–Crippen LogP) is 3.62. The first-order valence-electron chi connectivity index (χ1n) is 8.04. The van der Waals surface area contributed by atoms with Gasteiger partial charge in [0.05, 0.1) is 10.0 Å². The summed E-state index contributed by atoms with van der Waals surface area (Å²) in [5.74, 6) is -1.38. The van der Waals surface area contributed by atoms with Gasteiger partial charge in [0.1, 0.15) is 6.54 Å². The summed E-state index contributed by atoms with van der Waals surface area (Å²) in [5.41, 5.74) is 1.98. The molecule has 28 heavy (non-hydrogen) atoms. The van der Waals surface area contributed by atoms with Crippen LogP contribution >= 0.6 is 23.2 Å². The van der Waals surface area contributed by atoms with E-state index in [1.54, 1.807) is 12.1 Å². The fraction of sp³-hybridized carbons (Fsp3) is 0.158. The Bertz CT molecular complexity index is 1000. The van der Waals surface area contributed by atoms with Gasteiger partial charge >= 0.3 is 5.97 Å². The number of hydrogen-bond acceptors (Lipinski definition) is 5. The van der Waals surface area contributed by atoms with Crippen molar-refractivity contribution < 1.29 is 22.7 Å². The number of aryl methyl sites for hydroxylation is 1. The molecule has 6 nitrogen and oxygen atoms in total. The molecule has 0 atom stereocenters. The Morgan fingerprint density at radius 1 is 1.07 bits per heavy atom. The first kappa shape index (κ1) is 22.1. The highest BCUT2D eigenvalue weighted by Crippen LogP contribution is 2.22. The lowest BCUT2D eigenvalue weighted by Gasteiger charge is -2.06. The van der Waals surface area contributed by atoms with Crippen LogP contribution in [0, 0.1) is 6.92 Å². The molecule has 0 aromatic heterocycles. The van der Waals surface area contributed by atoms with Crippen LogP contribution in [0.5, 0.6) is 0 Å². The lowest BCUT2D eigenvalue weighted by molar-refractivity contribution is -0.141. The van der Waals surface area contributed by atoms with Gasteiger partial charge in [0.25, 0.3) is 0 Å². The maximum atomic E-state index is 12.0. The Morgan fingerprint density at radius 2 is 1.75 bits per heavy atom. The van der Waals surface area contributed by atoms with Crippen LogP contribution in [0.4, 0.5) is 0 Å². The average molecular weight is 442 g/mol. The van der Waals surface area contributed by atoms with E-state index >= 15 is 0 Å². The van der Waals surface area contributed by atoms with E-state index in [1.165, 1.54) is 24.3 Å². The van der Waals surface area contributed by atoms with E-state index < -0.39 is 34.9 Å². The van der Waals surface area contributed by atoms with Crippen LogP contribution in [-0.4, -0.2) is 33.3 Å². The molecule has 2 aromatic carbocycles. The number of benzene rings is 2. The minimum atomic E-state index is -3.83. The molecule has 0 radical (unpaired) electrons. The highest BCUT2D eigenvalue weighted by atomic mass is 35.5. The topological polar surface area (TPSA) is 89.5 Å². The molecule has 0 saturated carbocycles. The maximum Gasteiger partial charge on any atom is 0.321 e. The number of carbonyl (C=O) groups excluding carboxylic acids is 2. The van der Waals surface area contributed by atoms with Crippen molar-refractivity contribution in [3.8, 4) is 0 Å². The van der Waals surface area contributed by atoms with Gasteiger partial charge in [-0.25, -0.2) is 13.1 Å². The van der Waals surface area contributed by atoms with Gasteiger partial charge in [-0.1, -0.05) is 53.0 Å². The van der Waals surface area contributed by atoms with Crippen LogP contribution in [0.3, 0.4) is 0 Å². The molecule has 0 spiro atoms. The molecule has 0 aliphatic rings. The summed E-state index contributed by atoms with van der Waals surface area (Å²) in [6, 6.07) is 11.5. The molecule has 0 heterocycles. The number of nitrogens with one attached hydrogen (secondary N) is 1. The largest absolute Gasteiger partial charge is 0.456 e. The molecule has 1 N–H and O–H groups in total. The third-order valence-electron chi connectivity index (χ3n) is 3.54. The number of carbonyl (C=O) groups is 2. The van der Waals surface area contributed by atoms with E-state index in [4.69, 9.17) is 27.9 Å². The van der Waals surface area contributed by atoms with Gasteiger partial charge in [0.2, 0.25) is 10.0 Å². The second-order valence-electron chi connectivity index (χ2n) is 5.79. The van der Waals surface area contributed by atoms with Crippen molar-refractivity contribution in [1.82, 2.24) is 4.72 Å². The van der Waals surface area contributed by atoms with Crippen molar-refractivity contribution in [3.63, 3.8) is 0 Å². The predicted molar refractivity (Wildman–Crippen MR) is 109 cm³/mol. The van der Waals surface area contributed by atoms with Gasteiger partial charge < -0.3 is 4.74 Å². The molecule has 0 amide bonds. The van der Waals surface area contributed by atoms with Crippen LogP contribution in [0.1, 0.15) is 21.5 Å². The quantitative estimate of drug-likeness (QED) is 0.498. The minimum absolute atomic E-state index is 0.201. The second kappa shape index (κ2) is 9.84. The molecule has 0 bridgehead atoms. The third kappa shape index (κ3) is 7.09. The van der Waals surface area contributed by atoms with E-state index in [9.17, 15) is 18.0 Å². The molecule has 0 aliphatic heterocycles. The SMILES string of the molecule is Cc1ccc(/C=C/S(=O)(=O)NCC(=O)OCC(=O)c2ccc(Cl)c(Cl)c2)cc1. The van der Waals surface area contributed by atoms with Crippen molar-refractivity contribution >= 4 is 51.1 Å². The number of hydrogen-bond donors (Lipinski definition) is 1. The zero-order valence-electron chi connectivity index (χ0n) is 14.8. The summed E-state index contributed by atoms with van der Waals surface area (Å²) in [6.45, 7) is 0.774. The summed E-state index contributed by atoms with van der Waals surface area (Å²) in [7, 11) is -3.83. The van der Waals surface area contributed by atoms with Gasteiger partial charge in [-0.15, -0.1) is 0 Å². The van der Waals surface area contributed by atoms with E-state index in [2.05, 4.69) is 4.72 Å². The molecule has 0 fully saturated rings. The molecule has 2 rings (SSSR count). The summed E-state index contributed by atoms with van der Waals surface area (Å²) < 4.78 is 30.7. The highest BCUT2D eigenvalue weighted by molar-refractivity contribution is 7.92. The Morgan fingerprint density at radius 3 is 2.39 bits per heavy atom. The smallest absolute Gasteiger partial charge is 0.321 e. The number of ketones is 1. The summed E-state index contributed by atoms with van der Waals surface area (Å²) in [4.78, 5) is 23.7. The van der Waals surface area contributed by atoms with Gasteiger partial charge in [0.15, 0.2) is 12.4 Å². The fourth-order valence-electron chi connectivity index (χ4n) is 2.00. The summed E-state index contributed by atoms with van der Waals surface area (Å²) in [6.07, 6.45) is 1.40. The van der Waals surface area contributed by atoms with Gasteiger partial charge in [-0.3, -0.25) is 9.59 Å².